The first kappa shape index (κ1) is 19.7. The van der Waals surface area contributed by atoms with Crippen LogP contribution in [0.5, 0.6) is 0 Å². The molecule has 0 aliphatic carbocycles. The minimum atomic E-state index is -0.873. The Morgan fingerprint density at radius 2 is 1.85 bits per heavy atom. The molecule has 6 heteroatoms. The molecule has 1 N–H and O–H groups in total. The molecule has 0 saturated carbocycles. The van der Waals surface area contributed by atoms with Crippen LogP contribution < -0.4 is 5.32 Å². The number of amides is 1. The molecule has 0 spiro atoms. The number of alkyl carbamates (subject to hydrolysis) is 1. The normalized spacial score (nSPS) is 25.5. The molecule has 6 nitrogen and oxygen atoms in total. The van der Waals surface area contributed by atoms with Crippen LogP contribution in [0, 0.1) is 11.8 Å². The molecule has 3 heterocycles. The summed E-state index contributed by atoms with van der Waals surface area (Å²) in [4.78, 5) is 27.4. The highest BCUT2D eigenvalue weighted by atomic mass is 16.6. The van der Waals surface area contributed by atoms with Gasteiger partial charge in [0.05, 0.1) is 6.61 Å². The number of hydrogen-bond acceptors (Lipinski definition) is 5. The summed E-state index contributed by atoms with van der Waals surface area (Å²) < 4.78 is 11.0. The van der Waals surface area contributed by atoms with Crippen molar-refractivity contribution in [2.45, 2.75) is 45.3 Å². The van der Waals surface area contributed by atoms with E-state index in [4.69, 9.17) is 9.47 Å². The molecule has 1 aromatic carbocycles. The molecule has 3 aliphatic heterocycles. The van der Waals surface area contributed by atoms with Gasteiger partial charge in [-0.05, 0) is 58.2 Å². The maximum Gasteiger partial charge on any atom is 0.408 e. The van der Waals surface area contributed by atoms with Crippen molar-refractivity contribution in [2.75, 3.05) is 26.2 Å². The van der Waals surface area contributed by atoms with Crippen LogP contribution in [0.15, 0.2) is 30.3 Å². The molecule has 1 unspecified atom stereocenters. The molecule has 0 radical (unpaired) electrons. The molecule has 3 fully saturated rings. The number of hydrogen-bond donors (Lipinski definition) is 1. The van der Waals surface area contributed by atoms with Crippen LogP contribution in [0.1, 0.15) is 45.2 Å². The second kappa shape index (κ2) is 8.30. The number of nitrogens with one attached hydrogen (secondary N) is 1. The van der Waals surface area contributed by atoms with Gasteiger partial charge < -0.3 is 19.7 Å². The van der Waals surface area contributed by atoms with E-state index in [2.05, 4.69) is 10.2 Å². The van der Waals surface area contributed by atoms with Crippen LogP contribution in [0.2, 0.25) is 0 Å². The fourth-order valence-electron chi connectivity index (χ4n) is 3.90. The van der Waals surface area contributed by atoms with Crippen LogP contribution in [0.25, 0.3) is 0 Å². The molecular formula is C21H30N2O4. The third-order valence-electron chi connectivity index (χ3n) is 5.26. The van der Waals surface area contributed by atoms with E-state index in [0.29, 0.717) is 24.0 Å². The Balaban J connectivity index is 1.63. The Labute approximate surface area is 161 Å². The van der Waals surface area contributed by atoms with Crippen LogP contribution in [0.4, 0.5) is 4.79 Å². The Hall–Kier alpha value is -2.08. The lowest BCUT2D eigenvalue weighted by molar-refractivity contribution is -0.150. The van der Waals surface area contributed by atoms with E-state index in [-0.39, 0.29) is 0 Å². The van der Waals surface area contributed by atoms with Gasteiger partial charge in [0.1, 0.15) is 5.60 Å². The summed E-state index contributed by atoms with van der Waals surface area (Å²) in [5.74, 6) is 0.578. The predicted molar refractivity (Wildman–Crippen MR) is 102 cm³/mol. The first-order valence-corrected chi connectivity index (χ1v) is 9.75. The molecule has 2 atom stereocenters. The topological polar surface area (TPSA) is 67.9 Å². The van der Waals surface area contributed by atoms with E-state index in [0.717, 1.165) is 19.6 Å². The summed E-state index contributed by atoms with van der Waals surface area (Å²) in [5, 5.41) is 2.67. The van der Waals surface area contributed by atoms with Gasteiger partial charge in [0.2, 0.25) is 0 Å². The summed E-state index contributed by atoms with van der Waals surface area (Å²) in [5.41, 5.74) is 0.0487. The fourth-order valence-corrected chi connectivity index (χ4v) is 3.90. The average molecular weight is 374 g/mol. The highest BCUT2D eigenvalue weighted by Gasteiger charge is 2.35. The summed E-state index contributed by atoms with van der Waals surface area (Å²) in [6.07, 6.45) is 1.73. The summed E-state index contributed by atoms with van der Waals surface area (Å²) in [6, 6.07) is 8.27. The lowest BCUT2D eigenvalue weighted by atomic mass is 9.79. The first-order chi connectivity index (χ1) is 12.8. The Kier molecular flexibility index (Phi) is 6.05. The van der Waals surface area contributed by atoms with E-state index in [1.165, 1.54) is 12.8 Å². The van der Waals surface area contributed by atoms with Crippen LogP contribution in [0.3, 0.4) is 0 Å². The van der Waals surface area contributed by atoms with E-state index < -0.39 is 23.7 Å². The zero-order valence-electron chi connectivity index (χ0n) is 16.4. The number of rotatable bonds is 5. The summed E-state index contributed by atoms with van der Waals surface area (Å²) in [6.45, 7) is 9.07. The molecule has 1 aromatic rings. The third-order valence-corrected chi connectivity index (χ3v) is 5.26. The van der Waals surface area contributed by atoms with Gasteiger partial charge in [-0.25, -0.2) is 9.59 Å². The van der Waals surface area contributed by atoms with E-state index in [1.54, 1.807) is 32.9 Å². The molecule has 3 saturated heterocycles. The van der Waals surface area contributed by atoms with Gasteiger partial charge in [0.15, 0.2) is 6.04 Å². The Morgan fingerprint density at radius 3 is 2.41 bits per heavy atom. The number of esters is 1. The average Bonchev–Trinajstić information content (AvgIpc) is 2.64. The van der Waals surface area contributed by atoms with Gasteiger partial charge in [-0.15, -0.1) is 0 Å². The minimum absolute atomic E-state index is 0.384. The molecule has 27 heavy (non-hydrogen) atoms. The molecule has 1 amide bonds. The fraction of sp³-hybridized carbons (Fsp3) is 0.619. The largest absolute Gasteiger partial charge is 0.464 e. The lowest BCUT2D eigenvalue weighted by Gasteiger charge is -2.44. The highest BCUT2D eigenvalue weighted by molar-refractivity contribution is 5.82. The number of nitrogens with zero attached hydrogens (tertiary/aromatic N) is 1. The SMILES string of the molecule is CC(C)(C)OC(=O)NC(C(=O)OC[C@@H]1CN2CCC1CC2)c1ccccc1. The van der Waals surface area contributed by atoms with Crippen molar-refractivity contribution in [2.24, 2.45) is 11.8 Å². The second-order valence-corrected chi connectivity index (χ2v) is 8.52. The standard InChI is InChI=1S/C21H30N2O4/c1-21(2,3)27-20(25)22-18(16-7-5-4-6-8-16)19(24)26-14-17-13-23-11-9-15(17)10-12-23/h4-8,15,17-18H,9-14H2,1-3H3,(H,22,25)/t17-,18?/m0/s1. The number of carbonyl (C=O) groups is 2. The monoisotopic (exact) mass is 374 g/mol. The van der Waals surface area contributed by atoms with Gasteiger partial charge in [-0.1, -0.05) is 30.3 Å². The lowest BCUT2D eigenvalue weighted by Crippen LogP contribution is -2.49. The van der Waals surface area contributed by atoms with Crippen LogP contribution in [-0.2, 0) is 14.3 Å². The van der Waals surface area contributed by atoms with Crippen LogP contribution in [-0.4, -0.2) is 48.8 Å². The zero-order chi connectivity index (χ0) is 19.4. The Bertz CT molecular complexity index is 648. The Morgan fingerprint density at radius 1 is 1.19 bits per heavy atom. The summed E-state index contributed by atoms with van der Waals surface area (Å²) in [7, 11) is 0. The molecule has 148 valence electrons. The van der Waals surface area contributed by atoms with Crippen molar-refractivity contribution < 1.29 is 19.1 Å². The molecule has 3 aliphatic rings. The van der Waals surface area contributed by atoms with Crippen molar-refractivity contribution in [1.82, 2.24) is 10.2 Å². The predicted octanol–water partition coefficient (Wildman–Crippen LogP) is 3.14. The van der Waals surface area contributed by atoms with E-state index in [9.17, 15) is 9.59 Å². The molecular weight excluding hydrogens is 344 g/mol. The third kappa shape index (κ3) is 5.45. The first-order valence-electron chi connectivity index (χ1n) is 9.75. The van der Waals surface area contributed by atoms with Gasteiger partial charge in [-0.3, -0.25) is 0 Å². The second-order valence-electron chi connectivity index (χ2n) is 8.52. The van der Waals surface area contributed by atoms with E-state index >= 15 is 0 Å². The quantitative estimate of drug-likeness (QED) is 0.802. The highest BCUT2D eigenvalue weighted by Crippen LogP contribution is 2.32. The number of fused-ring (bicyclic) bond motifs is 3. The van der Waals surface area contributed by atoms with Crippen LogP contribution >= 0.6 is 0 Å². The van der Waals surface area contributed by atoms with Crippen molar-refractivity contribution >= 4 is 12.1 Å². The van der Waals surface area contributed by atoms with Crippen molar-refractivity contribution in [1.29, 1.82) is 0 Å². The number of carbonyl (C=O) groups excluding carboxylic acids is 2. The number of benzene rings is 1. The summed E-state index contributed by atoms with van der Waals surface area (Å²) >= 11 is 0. The van der Waals surface area contributed by atoms with Crippen molar-refractivity contribution in [3.05, 3.63) is 35.9 Å². The van der Waals surface area contributed by atoms with Crippen molar-refractivity contribution in [3.8, 4) is 0 Å². The maximum atomic E-state index is 12.8. The molecule has 2 bridgehead atoms. The van der Waals surface area contributed by atoms with E-state index in [1.807, 2.05) is 18.2 Å². The van der Waals surface area contributed by atoms with Gasteiger partial charge >= 0.3 is 12.1 Å². The van der Waals surface area contributed by atoms with Gasteiger partial charge in [-0.2, -0.15) is 0 Å². The maximum absolute atomic E-state index is 12.8. The molecule has 0 aromatic heterocycles. The number of piperidine rings is 3. The smallest absolute Gasteiger partial charge is 0.408 e. The zero-order valence-corrected chi connectivity index (χ0v) is 16.4. The number of ether oxygens (including phenoxy) is 2. The van der Waals surface area contributed by atoms with Gasteiger partial charge in [0.25, 0.3) is 0 Å². The van der Waals surface area contributed by atoms with Crippen molar-refractivity contribution in [3.63, 3.8) is 0 Å². The minimum Gasteiger partial charge on any atom is -0.464 e. The molecule has 4 rings (SSSR count). The van der Waals surface area contributed by atoms with Gasteiger partial charge in [0, 0.05) is 12.5 Å².